The summed E-state index contributed by atoms with van der Waals surface area (Å²) in [5.41, 5.74) is 5.04. The van der Waals surface area contributed by atoms with Gasteiger partial charge in [-0.15, -0.1) is 0 Å². The van der Waals surface area contributed by atoms with Gasteiger partial charge in [0.15, 0.2) is 4.77 Å². The average molecular weight is 372 g/mol. The van der Waals surface area contributed by atoms with Crippen molar-refractivity contribution in [3.05, 3.63) is 107 Å². The van der Waals surface area contributed by atoms with Gasteiger partial charge in [-0.3, -0.25) is 9.13 Å². The van der Waals surface area contributed by atoms with Crippen LogP contribution in [0.3, 0.4) is 0 Å². The lowest BCUT2D eigenvalue weighted by Gasteiger charge is -2.07. The van der Waals surface area contributed by atoms with Crippen LogP contribution >= 0.6 is 12.2 Å². The molecule has 0 aliphatic heterocycles. The smallest absolute Gasteiger partial charge is 0.218 e. The first kappa shape index (κ1) is 17.3. The van der Waals surface area contributed by atoms with Crippen LogP contribution in [0.4, 0.5) is 0 Å². The number of aromatic nitrogens is 2. The fourth-order valence-corrected chi connectivity index (χ4v) is 3.74. The van der Waals surface area contributed by atoms with E-state index in [1.54, 1.807) is 4.57 Å². The van der Waals surface area contributed by atoms with Gasteiger partial charge in [0.05, 0.1) is 11.4 Å². The van der Waals surface area contributed by atoms with Crippen LogP contribution in [0.15, 0.2) is 84.9 Å². The summed E-state index contributed by atoms with van der Waals surface area (Å²) in [6.45, 7) is 1.88. The topological polar surface area (TPSA) is 30.1 Å². The van der Waals surface area contributed by atoms with Crippen LogP contribution in [0.2, 0.25) is 0 Å². The first-order valence-corrected chi connectivity index (χ1v) is 9.28. The molecule has 134 valence electrons. The second-order valence-corrected chi connectivity index (χ2v) is 6.89. The SMILES string of the molecule is Cc1c(O)n(-c2ccccc2)c(=S)n1-c1ccc(Cc2ccccc2)cc1. The summed E-state index contributed by atoms with van der Waals surface area (Å²) in [7, 11) is 0. The van der Waals surface area contributed by atoms with Crippen molar-refractivity contribution in [2.75, 3.05) is 0 Å². The number of para-hydroxylation sites is 1. The highest BCUT2D eigenvalue weighted by Gasteiger charge is 2.16. The van der Waals surface area contributed by atoms with Gasteiger partial charge >= 0.3 is 0 Å². The van der Waals surface area contributed by atoms with Crippen LogP contribution in [-0.2, 0) is 6.42 Å². The van der Waals surface area contributed by atoms with Crippen molar-refractivity contribution in [1.29, 1.82) is 0 Å². The highest BCUT2D eigenvalue weighted by Crippen LogP contribution is 2.27. The molecule has 0 atom stereocenters. The van der Waals surface area contributed by atoms with Crippen LogP contribution in [0, 0.1) is 11.7 Å². The number of rotatable bonds is 4. The van der Waals surface area contributed by atoms with Crippen LogP contribution in [0.1, 0.15) is 16.8 Å². The molecular weight excluding hydrogens is 352 g/mol. The largest absolute Gasteiger partial charge is 0.493 e. The summed E-state index contributed by atoms with van der Waals surface area (Å²) >= 11 is 5.67. The Hall–Kier alpha value is -3.11. The van der Waals surface area contributed by atoms with Gasteiger partial charge in [0.1, 0.15) is 0 Å². The molecule has 0 saturated carbocycles. The van der Waals surface area contributed by atoms with Crippen molar-refractivity contribution in [2.45, 2.75) is 13.3 Å². The molecule has 0 spiro atoms. The Morgan fingerprint density at radius 3 is 1.85 bits per heavy atom. The second-order valence-electron chi connectivity index (χ2n) is 6.53. The lowest BCUT2D eigenvalue weighted by atomic mass is 10.0. The standard InChI is InChI=1S/C23H20N2OS/c1-17-22(26)25(20-10-6-3-7-11-20)23(27)24(17)21-14-12-19(13-15-21)16-18-8-4-2-5-9-18/h2-15,26H,16H2,1H3. The lowest BCUT2D eigenvalue weighted by Crippen LogP contribution is -1.99. The fraction of sp³-hybridized carbons (Fsp3) is 0.0870. The van der Waals surface area contributed by atoms with E-state index in [4.69, 9.17) is 12.2 Å². The van der Waals surface area contributed by atoms with Gasteiger partial charge in [0, 0.05) is 5.69 Å². The second kappa shape index (κ2) is 7.25. The van der Waals surface area contributed by atoms with Gasteiger partial charge in [0.2, 0.25) is 5.88 Å². The molecule has 0 bridgehead atoms. The monoisotopic (exact) mass is 372 g/mol. The minimum atomic E-state index is 0.166. The Morgan fingerprint density at radius 2 is 1.22 bits per heavy atom. The quantitative estimate of drug-likeness (QED) is 0.473. The zero-order chi connectivity index (χ0) is 18.8. The molecular formula is C23H20N2OS. The van der Waals surface area contributed by atoms with Gasteiger partial charge in [-0.1, -0.05) is 60.7 Å². The van der Waals surface area contributed by atoms with E-state index in [0.29, 0.717) is 4.77 Å². The summed E-state index contributed by atoms with van der Waals surface area (Å²) < 4.78 is 4.15. The molecule has 0 saturated heterocycles. The molecule has 4 heteroatoms. The number of aromatic hydroxyl groups is 1. The Kier molecular flexibility index (Phi) is 4.65. The summed E-state index contributed by atoms with van der Waals surface area (Å²) in [5.74, 6) is 0.166. The fourth-order valence-electron chi connectivity index (χ4n) is 3.30. The van der Waals surface area contributed by atoms with E-state index >= 15 is 0 Å². The number of imidazole rings is 1. The maximum Gasteiger partial charge on any atom is 0.218 e. The highest BCUT2D eigenvalue weighted by atomic mass is 32.1. The molecule has 4 aromatic rings. The molecule has 3 nitrogen and oxygen atoms in total. The Labute approximate surface area is 163 Å². The molecule has 0 unspecified atom stereocenters. The molecule has 27 heavy (non-hydrogen) atoms. The molecule has 0 aliphatic rings. The molecule has 0 fully saturated rings. The lowest BCUT2D eigenvalue weighted by molar-refractivity contribution is 0.437. The van der Waals surface area contributed by atoms with Crippen molar-refractivity contribution < 1.29 is 5.11 Å². The van der Waals surface area contributed by atoms with Crippen molar-refractivity contribution >= 4 is 12.2 Å². The number of nitrogens with zero attached hydrogens (tertiary/aromatic N) is 2. The van der Waals surface area contributed by atoms with Gasteiger partial charge in [-0.25, -0.2) is 0 Å². The summed E-state index contributed by atoms with van der Waals surface area (Å²) in [6.07, 6.45) is 0.891. The van der Waals surface area contributed by atoms with Crippen molar-refractivity contribution in [3.8, 4) is 17.3 Å². The number of benzene rings is 3. The van der Waals surface area contributed by atoms with Crippen molar-refractivity contribution in [3.63, 3.8) is 0 Å². The van der Waals surface area contributed by atoms with Gasteiger partial charge < -0.3 is 5.11 Å². The van der Waals surface area contributed by atoms with E-state index in [-0.39, 0.29) is 5.88 Å². The van der Waals surface area contributed by atoms with E-state index in [2.05, 4.69) is 48.5 Å². The van der Waals surface area contributed by atoms with E-state index in [1.807, 2.05) is 47.9 Å². The van der Waals surface area contributed by atoms with Gasteiger partial charge in [-0.2, -0.15) is 0 Å². The average Bonchev–Trinajstić information content (AvgIpc) is 2.93. The Bertz CT molecular complexity index is 1110. The minimum Gasteiger partial charge on any atom is -0.493 e. The Balaban J connectivity index is 1.71. The van der Waals surface area contributed by atoms with E-state index in [0.717, 1.165) is 23.5 Å². The van der Waals surface area contributed by atoms with Crippen LogP contribution in [0.25, 0.3) is 11.4 Å². The van der Waals surface area contributed by atoms with Crippen molar-refractivity contribution in [1.82, 2.24) is 9.13 Å². The van der Waals surface area contributed by atoms with Gasteiger partial charge in [-0.05, 0) is 61.0 Å². The summed E-state index contributed by atoms with van der Waals surface area (Å²) in [6, 6.07) is 28.4. The molecule has 0 aliphatic carbocycles. The van der Waals surface area contributed by atoms with Crippen LogP contribution in [-0.4, -0.2) is 14.2 Å². The number of hydrogen-bond donors (Lipinski definition) is 1. The van der Waals surface area contributed by atoms with Crippen LogP contribution < -0.4 is 0 Å². The molecule has 1 heterocycles. The predicted octanol–water partition coefficient (Wildman–Crippen LogP) is 5.60. The van der Waals surface area contributed by atoms with E-state index in [9.17, 15) is 5.11 Å². The maximum absolute atomic E-state index is 10.6. The molecule has 0 amide bonds. The maximum atomic E-state index is 10.6. The zero-order valence-corrected chi connectivity index (χ0v) is 15.9. The predicted molar refractivity (Wildman–Crippen MR) is 112 cm³/mol. The third-order valence-corrected chi connectivity index (χ3v) is 5.08. The summed E-state index contributed by atoms with van der Waals surface area (Å²) in [5, 5.41) is 10.6. The normalized spacial score (nSPS) is 10.9. The number of hydrogen-bond acceptors (Lipinski definition) is 2. The van der Waals surface area contributed by atoms with E-state index < -0.39 is 0 Å². The minimum absolute atomic E-state index is 0.166. The van der Waals surface area contributed by atoms with Gasteiger partial charge in [0.25, 0.3) is 0 Å². The molecule has 1 N–H and O–H groups in total. The molecule has 1 aromatic heterocycles. The summed E-state index contributed by atoms with van der Waals surface area (Å²) in [4.78, 5) is 0. The first-order valence-electron chi connectivity index (χ1n) is 8.87. The Morgan fingerprint density at radius 1 is 0.704 bits per heavy atom. The van der Waals surface area contributed by atoms with Crippen LogP contribution in [0.5, 0.6) is 5.88 Å². The molecule has 0 radical (unpaired) electrons. The molecule has 3 aromatic carbocycles. The highest BCUT2D eigenvalue weighted by molar-refractivity contribution is 7.71. The van der Waals surface area contributed by atoms with Crippen molar-refractivity contribution in [2.24, 2.45) is 0 Å². The first-order chi connectivity index (χ1) is 13.1. The molecule has 4 rings (SSSR count). The zero-order valence-electron chi connectivity index (χ0n) is 15.0. The third-order valence-electron chi connectivity index (χ3n) is 4.71. The van der Waals surface area contributed by atoms with E-state index in [1.165, 1.54) is 11.1 Å². The third kappa shape index (κ3) is 3.32.